The van der Waals surface area contributed by atoms with Gasteiger partial charge in [-0.3, -0.25) is 9.63 Å². The molecule has 0 aromatic heterocycles. The molecule has 0 bridgehead atoms. The zero-order valence-corrected chi connectivity index (χ0v) is 8.50. The van der Waals surface area contributed by atoms with Crippen molar-refractivity contribution in [2.24, 2.45) is 0 Å². The topological polar surface area (TPSA) is 66.8 Å². The molecule has 1 atom stereocenters. The van der Waals surface area contributed by atoms with Crippen LogP contribution < -0.4 is 0 Å². The van der Waals surface area contributed by atoms with Crippen molar-refractivity contribution in [3.8, 4) is 0 Å². The van der Waals surface area contributed by atoms with Gasteiger partial charge < -0.3 is 5.11 Å². The molecule has 1 aromatic carbocycles. The summed E-state index contributed by atoms with van der Waals surface area (Å²) in [7, 11) is 0. The van der Waals surface area contributed by atoms with Crippen molar-refractivity contribution in [2.75, 3.05) is 0 Å². The Kier molecular flexibility index (Phi) is 2.87. The third kappa shape index (κ3) is 2.20. The molecule has 1 saturated heterocycles. The lowest BCUT2D eigenvalue weighted by atomic mass is 10.2. The Hall–Kier alpha value is -1.88. The highest BCUT2D eigenvalue weighted by Gasteiger charge is 2.35. The van der Waals surface area contributed by atoms with Gasteiger partial charge in [-0.1, -0.05) is 30.3 Å². The fourth-order valence-electron chi connectivity index (χ4n) is 1.52. The summed E-state index contributed by atoms with van der Waals surface area (Å²) in [6.45, 7) is 0.281. The molecule has 1 N–H and O–H groups in total. The Labute approximate surface area is 92.2 Å². The number of hydrogen-bond donors (Lipinski definition) is 1. The predicted octanol–water partition coefficient (Wildman–Crippen LogP) is 0.804. The molecule has 1 fully saturated rings. The van der Waals surface area contributed by atoms with E-state index in [1.54, 1.807) is 0 Å². The molecule has 84 valence electrons. The number of benzene rings is 1. The number of carboxylic acid groups (broad SMARTS) is 1. The minimum absolute atomic E-state index is 0.0951. The first-order chi connectivity index (χ1) is 7.66. The number of amides is 1. The van der Waals surface area contributed by atoms with Gasteiger partial charge in [0.25, 0.3) is 0 Å². The lowest BCUT2D eigenvalue weighted by Crippen LogP contribution is -2.25. The molecule has 1 heterocycles. The summed E-state index contributed by atoms with van der Waals surface area (Å²) >= 11 is 0. The Bertz CT molecular complexity index is 404. The minimum atomic E-state index is -1.11. The van der Waals surface area contributed by atoms with E-state index in [0.29, 0.717) is 0 Å². The molecule has 16 heavy (non-hydrogen) atoms. The van der Waals surface area contributed by atoms with Gasteiger partial charge in [-0.15, -0.1) is 0 Å². The van der Waals surface area contributed by atoms with E-state index in [1.807, 2.05) is 30.3 Å². The summed E-state index contributed by atoms with van der Waals surface area (Å²) in [6.07, 6.45) is -1.14. The van der Waals surface area contributed by atoms with Crippen LogP contribution in [0.2, 0.25) is 0 Å². The van der Waals surface area contributed by atoms with Crippen molar-refractivity contribution in [1.82, 2.24) is 5.06 Å². The Morgan fingerprint density at radius 1 is 1.44 bits per heavy atom. The second-order valence-corrected chi connectivity index (χ2v) is 3.55. The van der Waals surface area contributed by atoms with Gasteiger partial charge in [0.15, 0.2) is 6.10 Å². The maximum absolute atomic E-state index is 11.4. The highest BCUT2D eigenvalue weighted by atomic mass is 16.7. The zero-order chi connectivity index (χ0) is 11.5. The average Bonchev–Trinajstić information content (AvgIpc) is 2.62. The van der Waals surface area contributed by atoms with Crippen molar-refractivity contribution in [3.63, 3.8) is 0 Å². The molecule has 2 rings (SSSR count). The molecule has 1 unspecified atom stereocenters. The standard InChI is InChI=1S/C11H11NO4/c13-10-6-9(11(14)15)16-12(10)7-8-4-2-1-3-5-8/h1-5,9H,6-7H2,(H,14,15). The molecule has 5 nitrogen and oxygen atoms in total. The molecular weight excluding hydrogens is 210 g/mol. The van der Waals surface area contributed by atoms with Crippen molar-refractivity contribution in [2.45, 2.75) is 19.1 Å². The number of aliphatic carboxylic acids is 1. The summed E-state index contributed by atoms with van der Waals surface area (Å²) in [5, 5.41) is 9.82. The second kappa shape index (κ2) is 4.32. The quantitative estimate of drug-likeness (QED) is 0.819. The Balaban J connectivity index is 2.02. The summed E-state index contributed by atoms with van der Waals surface area (Å²) < 4.78 is 0. The van der Waals surface area contributed by atoms with Gasteiger partial charge in [-0.05, 0) is 5.56 Å². The fourth-order valence-corrected chi connectivity index (χ4v) is 1.52. The summed E-state index contributed by atoms with van der Waals surface area (Å²) in [5.41, 5.74) is 0.905. The summed E-state index contributed by atoms with van der Waals surface area (Å²) in [4.78, 5) is 27.1. The number of rotatable bonds is 3. The van der Waals surface area contributed by atoms with Crippen LogP contribution in [0.4, 0.5) is 0 Å². The summed E-state index contributed by atoms with van der Waals surface area (Å²) in [6, 6.07) is 9.28. The molecular formula is C11H11NO4. The maximum atomic E-state index is 11.4. The highest BCUT2D eigenvalue weighted by Crippen LogP contribution is 2.18. The first kappa shape index (κ1) is 10.6. The number of carbonyl (C=O) groups is 2. The molecule has 1 aliphatic heterocycles. The monoisotopic (exact) mass is 221 g/mol. The average molecular weight is 221 g/mol. The van der Waals surface area contributed by atoms with Crippen molar-refractivity contribution < 1.29 is 19.5 Å². The van der Waals surface area contributed by atoms with Crippen LogP contribution in [0.5, 0.6) is 0 Å². The normalized spacial score (nSPS) is 20.1. The van der Waals surface area contributed by atoms with Crippen LogP contribution >= 0.6 is 0 Å². The predicted molar refractivity (Wildman–Crippen MR) is 54.1 cm³/mol. The second-order valence-electron chi connectivity index (χ2n) is 3.55. The van der Waals surface area contributed by atoms with Crippen molar-refractivity contribution >= 4 is 11.9 Å². The van der Waals surface area contributed by atoms with E-state index < -0.39 is 12.1 Å². The molecule has 1 aliphatic rings. The number of nitrogens with zero attached hydrogens (tertiary/aromatic N) is 1. The molecule has 5 heteroatoms. The van der Waals surface area contributed by atoms with Gasteiger partial charge in [0, 0.05) is 0 Å². The molecule has 0 radical (unpaired) electrons. The maximum Gasteiger partial charge on any atom is 0.336 e. The molecule has 0 saturated carbocycles. The zero-order valence-electron chi connectivity index (χ0n) is 8.50. The number of carbonyl (C=O) groups excluding carboxylic acids is 1. The van der Waals surface area contributed by atoms with E-state index >= 15 is 0 Å². The van der Waals surface area contributed by atoms with E-state index in [2.05, 4.69) is 0 Å². The van der Waals surface area contributed by atoms with Crippen LogP contribution in [0.15, 0.2) is 30.3 Å². The smallest absolute Gasteiger partial charge is 0.336 e. The molecule has 0 spiro atoms. The SMILES string of the molecule is O=C(O)C1CC(=O)N(Cc2ccccc2)O1. The van der Waals surface area contributed by atoms with Crippen LogP contribution in [0.3, 0.4) is 0 Å². The number of carboxylic acids is 1. The van der Waals surface area contributed by atoms with Gasteiger partial charge in [-0.25, -0.2) is 9.86 Å². The van der Waals surface area contributed by atoms with E-state index in [-0.39, 0.29) is 18.9 Å². The number of hydroxylamine groups is 2. The first-order valence-electron chi connectivity index (χ1n) is 4.90. The van der Waals surface area contributed by atoms with Gasteiger partial charge >= 0.3 is 5.97 Å². The minimum Gasteiger partial charge on any atom is -0.479 e. The first-order valence-corrected chi connectivity index (χ1v) is 4.90. The van der Waals surface area contributed by atoms with Crippen LogP contribution in [0.25, 0.3) is 0 Å². The van der Waals surface area contributed by atoms with Crippen LogP contribution in [0, 0.1) is 0 Å². The molecule has 0 aliphatic carbocycles. The third-order valence-electron chi connectivity index (χ3n) is 2.34. The third-order valence-corrected chi connectivity index (χ3v) is 2.34. The summed E-state index contributed by atoms with van der Waals surface area (Å²) in [5.74, 6) is -1.40. The Morgan fingerprint density at radius 2 is 2.12 bits per heavy atom. The van der Waals surface area contributed by atoms with Gasteiger partial charge in [0.1, 0.15) is 0 Å². The highest BCUT2D eigenvalue weighted by molar-refractivity contribution is 5.85. The van der Waals surface area contributed by atoms with Gasteiger partial charge in [0.2, 0.25) is 5.91 Å². The molecule has 1 amide bonds. The van der Waals surface area contributed by atoms with Gasteiger partial charge in [-0.2, -0.15) is 0 Å². The van der Waals surface area contributed by atoms with Crippen molar-refractivity contribution in [3.05, 3.63) is 35.9 Å². The lowest BCUT2D eigenvalue weighted by molar-refractivity contribution is -0.187. The fraction of sp³-hybridized carbons (Fsp3) is 0.273. The van der Waals surface area contributed by atoms with Crippen LogP contribution in [-0.4, -0.2) is 28.2 Å². The largest absolute Gasteiger partial charge is 0.479 e. The van der Waals surface area contributed by atoms with E-state index in [4.69, 9.17) is 9.94 Å². The van der Waals surface area contributed by atoms with E-state index in [1.165, 1.54) is 0 Å². The van der Waals surface area contributed by atoms with E-state index in [0.717, 1.165) is 10.6 Å². The van der Waals surface area contributed by atoms with Crippen molar-refractivity contribution in [1.29, 1.82) is 0 Å². The lowest BCUT2D eigenvalue weighted by Gasteiger charge is -2.14. The molecule has 1 aromatic rings. The van der Waals surface area contributed by atoms with Gasteiger partial charge in [0.05, 0.1) is 13.0 Å². The van der Waals surface area contributed by atoms with Crippen LogP contribution in [-0.2, 0) is 21.0 Å². The van der Waals surface area contributed by atoms with Crippen LogP contribution in [0.1, 0.15) is 12.0 Å². The number of hydrogen-bond acceptors (Lipinski definition) is 3. The van der Waals surface area contributed by atoms with E-state index in [9.17, 15) is 9.59 Å². The Morgan fingerprint density at radius 3 is 2.69 bits per heavy atom.